The molecule has 1 aromatic rings. The van der Waals surface area contributed by atoms with Gasteiger partial charge in [0, 0.05) is 37.8 Å². The Balaban J connectivity index is 1.53. The van der Waals surface area contributed by atoms with E-state index < -0.39 is 0 Å². The average Bonchev–Trinajstić information content (AvgIpc) is 3.17. The number of nitrogens with one attached hydrogen (secondary N) is 1. The lowest BCUT2D eigenvalue weighted by Crippen LogP contribution is -2.43. The van der Waals surface area contributed by atoms with Crippen LogP contribution in [0, 0.1) is 5.92 Å². The SMILES string of the molecule is C[C@H](c1ccccc1)N1CC[C@H](N[C@H]2CCC[C@H]2CO)C1. The molecule has 1 heterocycles. The molecule has 0 amide bonds. The summed E-state index contributed by atoms with van der Waals surface area (Å²) >= 11 is 0. The Morgan fingerprint density at radius 2 is 2.05 bits per heavy atom. The maximum absolute atomic E-state index is 9.45. The number of aliphatic hydroxyl groups is 1. The lowest BCUT2D eigenvalue weighted by molar-refractivity contribution is 0.196. The van der Waals surface area contributed by atoms with Crippen LogP contribution >= 0.6 is 0 Å². The number of hydrogen-bond donors (Lipinski definition) is 2. The third kappa shape index (κ3) is 3.47. The van der Waals surface area contributed by atoms with E-state index in [1.54, 1.807) is 0 Å². The van der Waals surface area contributed by atoms with Crippen molar-refractivity contribution in [2.24, 2.45) is 5.92 Å². The van der Waals surface area contributed by atoms with E-state index in [1.165, 1.54) is 37.8 Å². The Labute approximate surface area is 128 Å². The fourth-order valence-corrected chi connectivity index (χ4v) is 4.00. The molecule has 3 nitrogen and oxygen atoms in total. The van der Waals surface area contributed by atoms with Crippen molar-refractivity contribution in [2.45, 2.75) is 50.7 Å². The summed E-state index contributed by atoms with van der Waals surface area (Å²) in [4.78, 5) is 2.58. The van der Waals surface area contributed by atoms with Crippen molar-refractivity contribution in [3.05, 3.63) is 35.9 Å². The molecule has 3 heteroatoms. The molecule has 2 N–H and O–H groups in total. The first-order valence-corrected chi connectivity index (χ1v) is 8.44. The topological polar surface area (TPSA) is 35.5 Å². The van der Waals surface area contributed by atoms with Gasteiger partial charge in [-0.15, -0.1) is 0 Å². The number of rotatable bonds is 5. The fraction of sp³-hybridized carbons (Fsp3) is 0.667. The van der Waals surface area contributed by atoms with Gasteiger partial charge in [0.1, 0.15) is 0 Å². The molecule has 1 aromatic carbocycles. The maximum Gasteiger partial charge on any atom is 0.0474 e. The molecular formula is C18H28N2O. The van der Waals surface area contributed by atoms with Gasteiger partial charge in [0.25, 0.3) is 0 Å². The molecule has 21 heavy (non-hydrogen) atoms. The molecule has 116 valence electrons. The van der Waals surface area contributed by atoms with Gasteiger partial charge in [0.2, 0.25) is 0 Å². The van der Waals surface area contributed by atoms with Crippen molar-refractivity contribution >= 4 is 0 Å². The molecule has 0 radical (unpaired) electrons. The molecule has 0 bridgehead atoms. The van der Waals surface area contributed by atoms with E-state index in [0.717, 1.165) is 6.54 Å². The van der Waals surface area contributed by atoms with Gasteiger partial charge in [-0.05, 0) is 37.7 Å². The minimum atomic E-state index is 0.342. The molecule has 4 atom stereocenters. The van der Waals surface area contributed by atoms with Gasteiger partial charge in [-0.3, -0.25) is 4.90 Å². The molecule has 1 saturated carbocycles. The average molecular weight is 288 g/mol. The Morgan fingerprint density at radius 1 is 1.24 bits per heavy atom. The van der Waals surface area contributed by atoms with E-state index in [4.69, 9.17) is 0 Å². The Morgan fingerprint density at radius 3 is 2.81 bits per heavy atom. The lowest BCUT2D eigenvalue weighted by Gasteiger charge is -2.27. The zero-order chi connectivity index (χ0) is 14.7. The summed E-state index contributed by atoms with van der Waals surface area (Å²) in [6, 6.07) is 12.4. The zero-order valence-electron chi connectivity index (χ0n) is 13.0. The summed E-state index contributed by atoms with van der Waals surface area (Å²) in [5.74, 6) is 0.477. The van der Waals surface area contributed by atoms with Crippen LogP contribution in [0.4, 0.5) is 0 Å². The minimum absolute atomic E-state index is 0.342. The summed E-state index contributed by atoms with van der Waals surface area (Å²) in [5, 5.41) is 13.3. The van der Waals surface area contributed by atoms with Gasteiger partial charge >= 0.3 is 0 Å². The molecule has 1 aliphatic carbocycles. The normalized spacial score (nSPS) is 31.6. The number of aliphatic hydroxyl groups excluding tert-OH is 1. The third-order valence-electron chi connectivity index (χ3n) is 5.39. The molecule has 2 aliphatic rings. The monoisotopic (exact) mass is 288 g/mol. The van der Waals surface area contributed by atoms with Gasteiger partial charge in [-0.25, -0.2) is 0 Å². The molecule has 0 unspecified atom stereocenters. The van der Waals surface area contributed by atoms with E-state index in [-0.39, 0.29) is 0 Å². The third-order valence-corrected chi connectivity index (χ3v) is 5.39. The molecule has 0 aromatic heterocycles. The quantitative estimate of drug-likeness (QED) is 0.874. The lowest BCUT2D eigenvalue weighted by atomic mass is 10.0. The van der Waals surface area contributed by atoms with Crippen LogP contribution in [0.1, 0.15) is 44.2 Å². The highest BCUT2D eigenvalue weighted by Crippen LogP contribution is 2.28. The number of hydrogen-bond acceptors (Lipinski definition) is 3. The fourth-order valence-electron chi connectivity index (χ4n) is 4.00. The highest BCUT2D eigenvalue weighted by Gasteiger charge is 2.32. The molecule has 1 aliphatic heterocycles. The van der Waals surface area contributed by atoms with Gasteiger partial charge in [0.05, 0.1) is 0 Å². The molecule has 1 saturated heterocycles. The Kier molecular flexibility index (Phi) is 4.94. The van der Waals surface area contributed by atoms with Gasteiger partial charge < -0.3 is 10.4 Å². The zero-order valence-corrected chi connectivity index (χ0v) is 13.0. The van der Waals surface area contributed by atoms with Crippen molar-refractivity contribution in [1.29, 1.82) is 0 Å². The summed E-state index contributed by atoms with van der Waals surface area (Å²) in [6.45, 7) is 4.95. The van der Waals surface area contributed by atoms with Crippen molar-refractivity contribution in [2.75, 3.05) is 19.7 Å². The predicted octanol–water partition coefficient (Wildman–Crippen LogP) is 2.57. The van der Waals surface area contributed by atoms with Gasteiger partial charge in [0.15, 0.2) is 0 Å². The number of likely N-dealkylation sites (tertiary alicyclic amines) is 1. The Bertz CT molecular complexity index is 436. The van der Waals surface area contributed by atoms with Crippen LogP contribution < -0.4 is 5.32 Å². The summed E-state index contributed by atoms with van der Waals surface area (Å²) in [7, 11) is 0. The molecule has 3 rings (SSSR count). The predicted molar refractivity (Wildman–Crippen MR) is 86.2 cm³/mol. The maximum atomic E-state index is 9.45. The van der Waals surface area contributed by atoms with Crippen molar-refractivity contribution in [1.82, 2.24) is 10.2 Å². The van der Waals surface area contributed by atoms with Crippen LogP contribution in [0.25, 0.3) is 0 Å². The first-order valence-electron chi connectivity index (χ1n) is 8.44. The van der Waals surface area contributed by atoms with Crippen molar-refractivity contribution in [3.63, 3.8) is 0 Å². The summed E-state index contributed by atoms with van der Waals surface area (Å²) in [6.07, 6.45) is 4.91. The van der Waals surface area contributed by atoms with E-state index in [0.29, 0.717) is 30.7 Å². The Hall–Kier alpha value is -0.900. The number of nitrogens with zero attached hydrogens (tertiary/aromatic N) is 1. The van der Waals surface area contributed by atoms with Crippen LogP contribution in [0.5, 0.6) is 0 Å². The molecular weight excluding hydrogens is 260 g/mol. The van der Waals surface area contributed by atoms with E-state index in [2.05, 4.69) is 47.5 Å². The highest BCUT2D eigenvalue weighted by atomic mass is 16.3. The molecule has 0 spiro atoms. The first-order chi connectivity index (χ1) is 10.3. The second-order valence-corrected chi connectivity index (χ2v) is 6.71. The van der Waals surface area contributed by atoms with Crippen LogP contribution in [-0.4, -0.2) is 41.8 Å². The summed E-state index contributed by atoms with van der Waals surface area (Å²) < 4.78 is 0. The largest absolute Gasteiger partial charge is 0.396 e. The smallest absolute Gasteiger partial charge is 0.0474 e. The van der Waals surface area contributed by atoms with Crippen LogP contribution in [0.3, 0.4) is 0 Å². The van der Waals surface area contributed by atoms with E-state index in [1.807, 2.05) is 0 Å². The molecule has 2 fully saturated rings. The van der Waals surface area contributed by atoms with Crippen LogP contribution in [-0.2, 0) is 0 Å². The second-order valence-electron chi connectivity index (χ2n) is 6.71. The van der Waals surface area contributed by atoms with Crippen molar-refractivity contribution in [3.8, 4) is 0 Å². The minimum Gasteiger partial charge on any atom is -0.396 e. The van der Waals surface area contributed by atoms with Gasteiger partial charge in [-0.1, -0.05) is 36.8 Å². The number of benzene rings is 1. The highest BCUT2D eigenvalue weighted by molar-refractivity contribution is 5.18. The van der Waals surface area contributed by atoms with Crippen LogP contribution in [0.2, 0.25) is 0 Å². The summed E-state index contributed by atoms with van der Waals surface area (Å²) in [5.41, 5.74) is 1.41. The van der Waals surface area contributed by atoms with Crippen LogP contribution in [0.15, 0.2) is 30.3 Å². The van der Waals surface area contributed by atoms with E-state index in [9.17, 15) is 5.11 Å². The van der Waals surface area contributed by atoms with Gasteiger partial charge in [-0.2, -0.15) is 0 Å². The second kappa shape index (κ2) is 6.91. The van der Waals surface area contributed by atoms with E-state index >= 15 is 0 Å². The van der Waals surface area contributed by atoms with Crippen molar-refractivity contribution < 1.29 is 5.11 Å². The standard InChI is InChI=1S/C18H28N2O/c1-14(15-6-3-2-4-7-15)20-11-10-17(12-20)19-18-9-5-8-16(18)13-21/h2-4,6-7,14,16-19,21H,5,8-13H2,1H3/t14-,16+,17+,18+/m1/s1. The first kappa shape index (κ1) is 15.0.